The second-order valence-electron chi connectivity index (χ2n) is 16.2. The van der Waals surface area contributed by atoms with Gasteiger partial charge < -0.3 is 34.5 Å². The van der Waals surface area contributed by atoms with Gasteiger partial charge in [0.25, 0.3) is 5.91 Å². The van der Waals surface area contributed by atoms with Gasteiger partial charge in [-0.3, -0.25) is 14.6 Å². The van der Waals surface area contributed by atoms with Gasteiger partial charge in [-0.05, 0) is 72.1 Å². The van der Waals surface area contributed by atoms with E-state index in [1.54, 1.807) is 5.01 Å². The summed E-state index contributed by atoms with van der Waals surface area (Å²) in [6, 6.07) is 15.1. The van der Waals surface area contributed by atoms with E-state index in [1.807, 2.05) is 43.2 Å². The van der Waals surface area contributed by atoms with Crippen LogP contribution in [0.1, 0.15) is 69.7 Å². The van der Waals surface area contributed by atoms with Gasteiger partial charge in [0.15, 0.2) is 0 Å². The van der Waals surface area contributed by atoms with Gasteiger partial charge in [0.2, 0.25) is 12.3 Å². The molecule has 4 fully saturated rings. The number of amides is 3. The number of alkyl carbamates (subject to hydrolysis) is 1. The Bertz CT molecular complexity index is 2130. The number of fused-ring (bicyclic) bond motifs is 1. The summed E-state index contributed by atoms with van der Waals surface area (Å²) in [7, 11) is 4.61. The molecule has 3 saturated heterocycles. The number of H-pyrrole nitrogens is 2. The third-order valence-corrected chi connectivity index (χ3v) is 12.2. The molecule has 1 saturated carbocycles. The number of rotatable bonds is 13. The summed E-state index contributed by atoms with van der Waals surface area (Å²) in [5.74, 6) is 1.65. The lowest BCUT2D eigenvalue weighted by Crippen LogP contribution is -2.54. The summed E-state index contributed by atoms with van der Waals surface area (Å²) in [4.78, 5) is 72.5. The van der Waals surface area contributed by atoms with Crippen LogP contribution in [0, 0.1) is 17.8 Å². The Kier molecular flexibility index (Phi) is 11.8. The van der Waals surface area contributed by atoms with Crippen LogP contribution in [0.2, 0.25) is 0 Å². The van der Waals surface area contributed by atoms with E-state index in [9.17, 15) is 14.4 Å². The van der Waals surface area contributed by atoms with E-state index >= 15 is 0 Å². The zero-order valence-electron chi connectivity index (χ0n) is 34.2. The molecule has 59 heavy (non-hydrogen) atoms. The quantitative estimate of drug-likeness (QED) is 0.0657. The van der Waals surface area contributed by atoms with Crippen molar-refractivity contribution in [1.29, 1.82) is 0 Å². The van der Waals surface area contributed by atoms with Crippen molar-refractivity contribution in [3.63, 3.8) is 0 Å². The second kappa shape index (κ2) is 17.3. The maximum atomic E-state index is 14.2. The first-order valence-corrected chi connectivity index (χ1v) is 20.5. The molecule has 5 heterocycles. The monoisotopic (exact) mass is 807 g/mol. The molecule has 2 aromatic carbocycles. The van der Waals surface area contributed by atoms with E-state index in [2.05, 4.69) is 73.7 Å². The molecule has 6 atom stereocenters. The van der Waals surface area contributed by atoms with E-state index in [0.29, 0.717) is 38.5 Å². The number of hydrogen-bond donors (Lipinski definition) is 3. The summed E-state index contributed by atoms with van der Waals surface area (Å²) >= 11 is 0. The molecule has 312 valence electrons. The number of imidazole rings is 2. The van der Waals surface area contributed by atoms with Gasteiger partial charge in [-0.15, -0.1) is 0 Å². The molecule has 3 N–H and O–H groups in total. The normalized spacial score (nSPS) is 23.1. The predicted octanol–water partition coefficient (Wildman–Crippen LogP) is 5.70. The molecular formula is C43H53N9O7. The minimum Gasteiger partial charge on any atom is -0.453 e. The van der Waals surface area contributed by atoms with Crippen LogP contribution in [0.25, 0.3) is 33.6 Å². The summed E-state index contributed by atoms with van der Waals surface area (Å²) < 4.78 is 10.4. The third kappa shape index (κ3) is 8.34. The fraction of sp³-hybridized carbons (Fsp3) is 0.488. The lowest BCUT2D eigenvalue weighted by Gasteiger charge is -2.35. The number of aliphatic imine (C=N–C) groups is 1. The average Bonchev–Trinajstić information content (AvgIpc) is 3.74. The molecule has 4 aromatic rings. The summed E-state index contributed by atoms with van der Waals surface area (Å²) in [5, 5.41) is 6.52. The van der Waals surface area contributed by atoms with E-state index in [4.69, 9.17) is 24.3 Å². The smallest absolute Gasteiger partial charge is 0.407 e. The largest absolute Gasteiger partial charge is 0.453 e. The first kappa shape index (κ1) is 40.2. The number of methoxy groups -OCH3 is 1. The van der Waals surface area contributed by atoms with Gasteiger partial charge in [-0.1, -0.05) is 62.4 Å². The number of likely N-dealkylation sites (tertiary alicyclic amines) is 1. The molecule has 16 nitrogen and oxygen atoms in total. The molecule has 1 unspecified atom stereocenters. The topological polar surface area (TPSA) is 180 Å². The molecule has 4 aliphatic rings. The second-order valence-corrected chi connectivity index (χ2v) is 16.2. The first-order valence-electron chi connectivity index (χ1n) is 20.5. The van der Waals surface area contributed by atoms with Crippen LogP contribution in [0.15, 0.2) is 65.9 Å². The van der Waals surface area contributed by atoms with Crippen LogP contribution in [-0.2, 0) is 28.8 Å². The standard InChI is InChI=1S/C43H53N9O7/c1-25(2)37(46-24-59-57-5)42(54)52-34(14-17-50(52)3)39-44-22-32(47-39)28-10-6-26(7-11-28)27-8-12-29(13-9-27)33-23-45-40(48-33)36-21-31-20-35(31)51(36)41(53)38(49-43(55)56-4)30-15-18-58-19-16-30/h6-13,22-25,30-31,34-38H,14-21H2,1-5H3,(H,44,47)(H,45,48)(H,49,55)/b46-24-/t31?,34-,35+,36-,37-,38-/m0/s1. The fourth-order valence-electron chi connectivity index (χ4n) is 8.93. The van der Waals surface area contributed by atoms with Gasteiger partial charge in [0, 0.05) is 32.8 Å². The third-order valence-electron chi connectivity index (χ3n) is 12.2. The van der Waals surface area contributed by atoms with Crippen LogP contribution in [0.3, 0.4) is 0 Å². The fourth-order valence-corrected chi connectivity index (χ4v) is 8.93. The number of carbonyl (C=O) groups is 3. The molecule has 2 aromatic heterocycles. The van der Waals surface area contributed by atoms with Gasteiger partial charge in [-0.2, -0.15) is 4.89 Å². The van der Waals surface area contributed by atoms with Crippen LogP contribution in [0.5, 0.6) is 0 Å². The maximum Gasteiger partial charge on any atom is 0.407 e. The van der Waals surface area contributed by atoms with E-state index < -0.39 is 18.2 Å². The van der Waals surface area contributed by atoms with E-state index in [0.717, 1.165) is 64.6 Å². The van der Waals surface area contributed by atoms with Crippen molar-refractivity contribution in [3.05, 3.63) is 72.6 Å². The highest BCUT2D eigenvalue weighted by molar-refractivity contribution is 5.87. The summed E-state index contributed by atoms with van der Waals surface area (Å²) in [6.45, 7) is 5.75. The number of nitrogens with zero attached hydrogens (tertiary/aromatic N) is 6. The SMILES string of the molecule is COO/C=N\[C@H](C(=O)N1[C@H](c2ncc(-c3ccc(-c4ccc(-c5cnc([C@@H]6CC7C[C@H]7N6C(=O)[C@@H](NC(=O)OC)C6CCOCC6)[nH]5)cc4)cc3)[nH]2)CCN1C)C(C)C. The van der Waals surface area contributed by atoms with Crippen molar-refractivity contribution < 1.29 is 33.6 Å². The van der Waals surface area contributed by atoms with E-state index in [1.165, 1.54) is 20.6 Å². The maximum absolute atomic E-state index is 14.2. The average molecular weight is 808 g/mol. The van der Waals surface area contributed by atoms with E-state index in [-0.39, 0.29) is 41.8 Å². The van der Waals surface area contributed by atoms with Crippen molar-refractivity contribution >= 4 is 24.3 Å². The predicted molar refractivity (Wildman–Crippen MR) is 218 cm³/mol. The number of benzene rings is 2. The number of carbonyl (C=O) groups excluding carboxylic acids is 3. The highest BCUT2D eigenvalue weighted by Crippen LogP contribution is 2.53. The van der Waals surface area contributed by atoms with Crippen LogP contribution in [-0.4, -0.2) is 118 Å². The van der Waals surface area contributed by atoms with Gasteiger partial charge in [-0.25, -0.2) is 24.8 Å². The highest BCUT2D eigenvalue weighted by atomic mass is 17.2. The molecule has 0 spiro atoms. The number of aromatic nitrogens is 4. The molecule has 16 heteroatoms. The summed E-state index contributed by atoms with van der Waals surface area (Å²) in [5.41, 5.74) is 5.84. The van der Waals surface area contributed by atoms with Crippen molar-refractivity contribution in [1.82, 2.24) is 40.2 Å². The molecule has 0 radical (unpaired) electrons. The number of piperidine rings is 1. The van der Waals surface area contributed by atoms with Crippen molar-refractivity contribution in [2.24, 2.45) is 22.7 Å². The zero-order valence-corrected chi connectivity index (χ0v) is 34.2. The van der Waals surface area contributed by atoms with Gasteiger partial charge in [0.05, 0.1) is 44.0 Å². The minimum atomic E-state index is -0.671. The van der Waals surface area contributed by atoms with Crippen molar-refractivity contribution in [3.8, 4) is 33.6 Å². The number of nitrogens with one attached hydrogen (secondary N) is 3. The molecule has 3 amide bonds. The number of ether oxygens (including phenoxy) is 2. The van der Waals surface area contributed by atoms with Crippen molar-refractivity contribution in [2.45, 2.75) is 76.2 Å². The molecule has 1 aliphatic carbocycles. The number of aromatic amines is 2. The Morgan fingerprint density at radius 1 is 0.847 bits per heavy atom. The zero-order chi connectivity index (χ0) is 41.2. The molecule has 0 bridgehead atoms. The van der Waals surface area contributed by atoms with Crippen LogP contribution >= 0.6 is 0 Å². The Labute approximate surface area is 343 Å². The number of hydrazine groups is 1. The minimum absolute atomic E-state index is 0.0181. The Hall–Kier alpha value is -5.58. The lowest BCUT2D eigenvalue weighted by atomic mass is 9.90. The first-order chi connectivity index (χ1) is 28.6. The molecular weight excluding hydrogens is 755 g/mol. The Balaban J connectivity index is 0.930. The Morgan fingerprint density at radius 2 is 1.44 bits per heavy atom. The number of hydrogen-bond acceptors (Lipinski definition) is 11. The van der Waals surface area contributed by atoms with Crippen LogP contribution in [0.4, 0.5) is 4.79 Å². The highest BCUT2D eigenvalue weighted by Gasteiger charge is 2.56. The van der Waals surface area contributed by atoms with Gasteiger partial charge in [0.1, 0.15) is 29.8 Å². The summed E-state index contributed by atoms with van der Waals surface area (Å²) in [6.07, 6.45) is 8.18. The van der Waals surface area contributed by atoms with Gasteiger partial charge >= 0.3 is 6.09 Å². The Morgan fingerprint density at radius 3 is 2.02 bits per heavy atom. The molecule has 3 aliphatic heterocycles. The molecule has 8 rings (SSSR count). The van der Waals surface area contributed by atoms with Crippen LogP contribution < -0.4 is 5.32 Å². The van der Waals surface area contributed by atoms with Crippen molar-refractivity contribution in [2.75, 3.05) is 41.0 Å². The lowest BCUT2D eigenvalue weighted by molar-refractivity contribution is -0.188.